The Hall–Kier alpha value is -1.19. The van der Waals surface area contributed by atoms with Crippen molar-refractivity contribution in [1.29, 1.82) is 0 Å². The van der Waals surface area contributed by atoms with E-state index >= 15 is 0 Å². The van der Waals surface area contributed by atoms with Crippen LogP contribution >= 0.6 is 0 Å². The molecule has 0 saturated heterocycles. The Morgan fingerprint density at radius 3 is 2.35 bits per heavy atom. The number of nitrogens with two attached hydrogens (primary N) is 1. The maximum absolute atomic E-state index is 10.7. The summed E-state index contributed by atoms with van der Waals surface area (Å²) in [4.78, 5) is 10.7. The maximum atomic E-state index is 10.7. The van der Waals surface area contributed by atoms with Gasteiger partial charge in [-0.1, -0.05) is 52.3 Å². The zero-order chi connectivity index (χ0) is 17.8. The van der Waals surface area contributed by atoms with E-state index in [0.717, 1.165) is 19.1 Å². The van der Waals surface area contributed by atoms with Crippen LogP contribution in [0.25, 0.3) is 0 Å². The molecule has 3 unspecified atom stereocenters. The van der Waals surface area contributed by atoms with Gasteiger partial charge in [0.1, 0.15) is 6.29 Å². The minimum Gasteiger partial charge on any atom is -0.388 e. The molecule has 0 amide bonds. The van der Waals surface area contributed by atoms with Crippen LogP contribution in [-0.4, -0.2) is 26.5 Å². The summed E-state index contributed by atoms with van der Waals surface area (Å²) in [7, 11) is 3.25. The molecule has 132 valence electrons. The number of methoxy groups -OCH3 is 1. The second-order valence-corrected chi connectivity index (χ2v) is 6.22. The molecule has 2 rings (SSSR count). The normalized spacial score (nSPS) is 19.6. The molecule has 0 saturated carbocycles. The van der Waals surface area contributed by atoms with Gasteiger partial charge < -0.3 is 15.3 Å². The SMILES string of the molecule is CCC.CCC(C)c1cccc2c1CC(N)C2CC=O.COC. The first-order valence-electron chi connectivity index (χ1n) is 8.73. The topological polar surface area (TPSA) is 52.3 Å². The average Bonchev–Trinajstić information content (AvgIpc) is 2.84. The van der Waals surface area contributed by atoms with E-state index in [1.807, 2.05) is 0 Å². The summed E-state index contributed by atoms with van der Waals surface area (Å²) >= 11 is 0. The van der Waals surface area contributed by atoms with Gasteiger partial charge in [-0.15, -0.1) is 0 Å². The standard InChI is InChI=1S/C15H21NO.C3H8.C2H6O/c1-3-10(2)11-5-4-6-12-13(7-8-17)15(16)9-14(11)12;2*1-3-2/h4-6,8,10,13,15H,3,7,9,16H2,1-2H3;3H2,1-2H3;1-2H3. The Labute approximate surface area is 142 Å². The summed E-state index contributed by atoms with van der Waals surface area (Å²) in [5.41, 5.74) is 10.3. The van der Waals surface area contributed by atoms with E-state index in [4.69, 9.17) is 5.73 Å². The summed E-state index contributed by atoms with van der Waals surface area (Å²) in [6.07, 6.45) is 4.87. The predicted molar refractivity (Wildman–Crippen MR) is 99.1 cm³/mol. The van der Waals surface area contributed by atoms with Crippen LogP contribution in [-0.2, 0) is 16.0 Å². The molecule has 1 aliphatic carbocycles. The molecular weight excluding hydrogens is 286 g/mol. The number of aldehydes is 1. The van der Waals surface area contributed by atoms with E-state index < -0.39 is 0 Å². The highest BCUT2D eigenvalue weighted by Gasteiger charge is 2.31. The Kier molecular flexibility index (Phi) is 11.6. The second kappa shape index (κ2) is 12.3. The zero-order valence-electron chi connectivity index (χ0n) is 15.8. The van der Waals surface area contributed by atoms with Crippen molar-refractivity contribution in [3.05, 3.63) is 34.9 Å². The van der Waals surface area contributed by atoms with Crippen LogP contribution in [0, 0.1) is 0 Å². The second-order valence-electron chi connectivity index (χ2n) is 6.22. The predicted octanol–water partition coefficient (Wildman–Crippen LogP) is 4.44. The van der Waals surface area contributed by atoms with Crippen LogP contribution in [0.15, 0.2) is 18.2 Å². The fourth-order valence-electron chi connectivity index (χ4n) is 2.90. The van der Waals surface area contributed by atoms with Crippen molar-refractivity contribution in [3.63, 3.8) is 0 Å². The van der Waals surface area contributed by atoms with Crippen LogP contribution in [0.5, 0.6) is 0 Å². The fourth-order valence-corrected chi connectivity index (χ4v) is 2.90. The molecular formula is C20H35NO2. The smallest absolute Gasteiger partial charge is 0.120 e. The molecule has 1 aromatic carbocycles. The minimum atomic E-state index is 0.111. The molecule has 0 aromatic heterocycles. The minimum absolute atomic E-state index is 0.111. The van der Waals surface area contributed by atoms with E-state index in [1.165, 1.54) is 23.1 Å². The van der Waals surface area contributed by atoms with Gasteiger partial charge in [0.2, 0.25) is 0 Å². The van der Waals surface area contributed by atoms with Crippen molar-refractivity contribution in [2.75, 3.05) is 14.2 Å². The number of hydrogen-bond acceptors (Lipinski definition) is 3. The van der Waals surface area contributed by atoms with Gasteiger partial charge in [0, 0.05) is 32.6 Å². The molecule has 0 heterocycles. The number of carbonyl (C=O) groups is 1. The summed E-state index contributed by atoms with van der Waals surface area (Å²) in [5.74, 6) is 0.804. The molecule has 3 heteroatoms. The molecule has 0 aliphatic heterocycles. The Bertz CT molecular complexity index is 443. The number of carbonyl (C=O) groups excluding carboxylic acids is 1. The van der Waals surface area contributed by atoms with E-state index in [-0.39, 0.29) is 12.0 Å². The van der Waals surface area contributed by atoms with Gasteiger partial charge in [-0.05, 0) is 35.4 Å². The Morgan fingerprint density at radius 2 is 1.87 bits per heavy atom. The third-order valence-corrected chi connectivity index (χ3v) is 4.10. The van der Waals surface area contributed by atoms with Gasteiger partial charge in [0.15, 0.2) is 0 Å². The van der Waals surface area contributed by atoms with E-state index in [2.05, 4.69) is 50.6 Å². The average molecular weight is 322 g/mol. The molecule has 1 aromatic rings. The lowest BCUT2D eigenvalue weighted by Crippen LogP contribution is -2.25. The van der Waals surface area contributed by atoms with Crippen LogP contribution in [0.4, 0.5) is 0 Å². The Balaban J connectivity index is 0.000000704. The van der Waals surface area contributed by atoms with Gasteiger partial charge in [-0.3, -0.25) is 0 Å². The number of fused-ring (bicyclic) bond motifs is 1. The molecule has 0 fully saturated rings. The number of hydrogen-bond donors (Lipinski definition) is 1. The lowest BCUT2D eigenvalue weighted by atomic mass is 9.90. The third kappa shape index (κ3) is 6.44. The highest BCUT2D eigenvalue weighted by atomic mass is 16.4. The molecule has 1 aliphatic rings. The third-order valence-electron chi connectivity index (χ3n) is 4.10. The van der Waals surface area contributed by atoms with Gasteiger partial charge in [0.05, 0.1) is 0 Å². The fraction of sp³-hybridized carbons (Fsp3) is 0.650. The first-order chi connectivity index (χ1) is 11.0. The molecule has 0 spiro atoms. The van der Waals surface area contributed by atoms with E-state index in [1.54, 1.807) is 14.2 Å². The van der Waals surface area contributed by atoms with Crippen molar-refractivity contribution in [2.45, 2.75) is 71.3 Å². The van der Waals surface area contributed by atoms with Crippen LogP contribution in [0.2, 0.25) is 0 Å². The Morgan fingerprint density at radius 1 is 1.30 bits per heavy atom. The molecule has 3 nitrogen and oxygen atoms in total. The number of rotatable bonds is 4. The van der Waals surface area contributed by atoms with Crippen molar-refractivity contribution >= 4 is 6.29 Å². The molecule has 0 radical (unpaired) electrons. The van der Waals surface area contributed by atoms with Crippen molar-refractivity contribution in [3.8, 4) is 0 Å². The highest BCUT2D eigenvalue weighted by molar-refractivity contribution is 5.55. The van der Waals surface area contributed by atoms with Crippen LogP contribution in [0.1, 0.15) is 75.5 Å². The van der Waals surface area contributed by atoms with Gasteiger partial charge in [-0.2, -0.15) is 0 Å². The molecule has 23 heavy (non-hydrogen) atoms. The monoisotopic (exact) mass is 321 g/mol. The molecule has 3 atom stereocenters. The van der Waals surface area contributed by atoms with Crippen molar-refractivity contribution in [1.82, 2.24) is 0 Å². The van der Waals surface area contributed by atoms with Gasteiger partial charge in [-0.25, -0.2) is 0 Å². The van der Waals surface area contributed by atoms with Crippen molar-refractivity contribution in [2.24, 2.45) is 5.73 Å². The van der Waals surface area contributed by atoms with Crippen LogP contribution in [0.3, 0.4) is 0 Å². The van der Waals surface area contributed by atoms with Crippen LogP contribution < -0.4 is 5.73 Å². The summed E-state index contributed by atoms with van der Waals surface area (Å²) in [6.45, 7) is 8.72. The highest BCUT2D eigenvalue weighted by Crippen LogP contribution is 2.38. The summed E-state index contributed by atoms with van der Waals surface area (Å²) < 4.78 is 4.25. The van der Waals surface area contributed by atoms with Gasteiger partial charge in [0.25, 0.3) is 0 Å². The van der Waals surface area contributed by atoms with E-state index in [9.17, 15) is 4.79 Å². The first kappa shape index (κ1) is 21.8. The first-order valence-corrected chi connectivity index (χ1v) is 8.73. The summed E-state index contributed by atoms with van der Waals surface area (Å²) in [6, 6.07) is 6.57. The summed E-state index contributed by atoms with van der Waals surface area (Å²) in [5, 5.41) is 0. The van der Waals surface area contributed by atoms with E-state index in [0.29, 0.717) is 12.3 Å². The van der Waals surface area contributed by atoms with Gasteiger partial charge >= 0.3 is 0 Å². The van der Waals surface area contributed by atoms with Crippen molar-refractivity contribution < 1.29 is 9.53 Å². The number of ether oxygens (including phenoxy) is 1. The zero-order valence-corrected chi connectivity index (χ0v) is 15.8. The largest absolute Gasteiger partial charge is 0.388 e. The lowest BCUT2D eigenvalue weighted by Gasteiger charge is -2.15. The quantitative estimate of drug-likeness (QED) is 0.834. The molecule has 0 bridgehead atoms. The maximum Gasteiger partial charge on any atom is 0.120 e. The number of benzene rings is 1. The lowest BCUT2D eigenvalue weighted by molar-refractivity contribution is -0.108. The molecule has 2 N–H and O–H groups in total.